The van der Waals surface area contributed by atoms with E-state index >= 15 is 0 Å². The van der Waals surface area contributed by atoms with Crippen LogP contribution in [0.1, 0.15) is 46.6 Å². The Morgan fingerprint density at radius 3 is 2.65 bits per heavy atom. The minimum absolute atomic E-state index is 0.125. The Morgan fingerprint density at radius 1 is 1.08 bits per heavy atom. The summed E-state index contributed by atoms with van der Waals surface area (Å²) in [5.74, 6) is 0.420. The molecule has 0 aliphatic carbocycles. The topological polar surface area (TPSA) is 109 Å². The molecule has 6 rings (SSSR count). The van der Waals surface area contributed by atoms with Crippen LogP contribution in [0.2, 0.25) is 0 Å². The molecule has 0 unspecified atom stereocenters. The van der Waals surface area contributed by atoms with Crippen molar-refractivity contribution in [1.82, 2.24) is 24.8 Å². The highest BCUT2D eigenvalue weighted by Crippen LogP contribution is 2.37. The molecule has 1 amide bonds. The number of hydrogen-bond acceptors (Lipinski definition) is 6. The van der Waals surface area contributed by atoms with Crippen molar-refractivity contribution in [3.8, 4) is 17.0 Å². The number of H-pyrrole nitrogens is 1. The summed E-state index contributed by atoms with van der Waals surface area (Å²) in [4.78, 5) is 22.8. The highest BCUT2D eigenvalue weighted by Gasteiger charge is 2.30. The van der Waals surface area contributed by atoms with Crippen molar-refractivity contribution in [2.45, 2.75) is 44.3 Å². The van der Waals surface area contributed by atoms with Crippen molar-refractivity contribution in [3.63, 3.8) is 0 Å². The van der Waals surface area contributed by atoms with Crippen LogP contribution in [0.3, 0.4) is 0 Å². The summed E-state index contributed by atoms with van der Waals surface area (Å²) in [5.41, 5.74) is 4.69. The molecule has 0 spiro atoms. The summed E-state index contributed by atoms with van der Waals surface area (Å²) in [7, 11) is -2.44. The Balaban J connectivity index is 1.33. The number of aromatic nitrogens is 3. The molecule has 4 aromatic rings. The van der Waals surface area contributed by atoms with Gasteiger partial charge in [-0.05, 0) is 68.8 Å². The molecule has 0 atom stereocenters. The number of aromatic amines is 1. The molecule has 0 saturated carbocycles. The first kappa shape index (κ1) is 23.7. The van der Waals surface area contributed by atoms with Crippen LogP contribution in [0.25, 0.3) is 22.2 Å². The van der Waals surface area contributed by atoms with E-state index in [1.54, 1.807) is 30.7 Å². The molecule has 2 aliphatic heterocycles. The van der Waals surface area contributed by atoms with Crippen LogP contribution in [0, 0.1) is 6.92 Å². The highest BCUT2D eigenvalue weighted by molar-refractivity contribution is 7.87. The Bertz CT molecular complexity index is 1610. The first-order valence-corrected chi connectivity index (χ1v) is 13.9. The lowest BCUT2D eigenvalue weighted by molar-refractivity contribution is 0.0966. The minimum atomic E-state index is -4.15. The van der Waals surface area contributed by atoms with Crippen LogP contribution in [0.5, 0.6) is 5.75 Å². The van der Waals surface area contributed by atoms with Gasteiger partial charge in [-0.15, -0.1) is 0 Å². The van der Waals surface area contributed by atoms with E-state index in [0.717, 1.165) is 36.2 Å². The van der Waals surface area contributed by atoms with Gasteiger partial charge in [-0.2, -0.15) is 8.42 Å². The van der Waals surface area contributed by atoms with E-state index < -0.39 is 10.1 Å². The highest BCUT2D eigenvalue weighted by atomic mass is 32.2. The predicted octanol–water partition coefficient (Wildman–Crippen LogP) is 3.87. The van der Waals surface area contributed by atoms with Crippen molar-refractivity contribution < 1.29 is 17.4 Å². The van der Waals surface area contributed by atoms with E-state index in [9.17, 15) is 13.2 Å². The average Bonchev–Trinajstić information content (AvgIpc) is 3.57. The number of nitrogens with zero attached hydrogens (tertiary/aromatic N) is 3. The molecule has 2 N–H and O–H groups in total. The molecular formula is C27H29N5O4S. The van der Waals surface area contributed by atoms with Crippen molar-refractivity contribution in [1.29, 1.82) is 0 Å². The van der Waals surface area contributed by atoms with E-state index in [0.29, 0.717) is 22.5 Å². The number of piperidine rings is 1. The molecule has 2 aromatic heterocycles. The number of fused-ring (bicyclic) bond motifs is 2. The lowest BCUT2D eigenvalue weighted by Crippen LogP contribution is -2.28. The summed E-state index contributed by atoms with van der Waals surface area (Å²) in [6.45, 7) is 5.12. The van der Waals surface area contributed by atoms with Crippen LogP contribution in [-0.2, 0) is 30.3 Å². The Labute approximate surface area is 215 Å². The van der Waals surface area contributed by atoms with Crippen molar-refractivity contribution in [3.05, 3.63) is 65.1 Å². The first-order valence-electron chi connectivity index (χ1n) is 12.5. The number of amides is 1. The maximum absolute atomic E-state index is 12.9. The average molecular weight is 520 g/mol. The van der Waals surface area contributed by atoms with Gasteiger partial charge in [-0.25, -0.2) is 4.98 Å². The first-order chi connectivity index (χ1) is 17.8. The number of imidazole rings is 1. The van der Waals surface area contributed by atoms with Gasteiger partial charge in [0, 0.05) is 54.1 Å². The fourth-order valence-electron chi connectivity index (χ4n) is 5.23. The molecule has 4 heterocycles. The van der Waals surface area contributed by atoms with Crippen LogP contribution < -0.4 is 9.50 Å². The quantitative estimate of drug-likeness (QED) is 0.374. The van der Waals surface area contributed by atoms with Crippen molar-refractivity contribution in [2.75, 3.05) is 13.1 Å². The van der Waals surface area contributed by atoms with Crippen LogP contribution in [0.4, 0.5) is 0 Å². The summed E-state index contributed by atoms with van der Waals surface area (Å²) in [5, 5.41) is 3.72. The number of hydrogen-bond donors (Lipinski definition) is 2. The fourth-order valence-corrected chi connectivity index (χ4v) is 6.24. The Kier molecular flexibility index (Phi) is 5.80. The number of nitrogens with one attached hydrogen (secondary N) is 2. The minimum Gasteiger partial charge on any atom is -0.377 e. The summed E-state index contributed by atoms with van der Waals surface area (Å²) in [6, 6.07) is 11.8. The summed E-state index contributed by atoms with van der Waals surface area (Å²) in [6.07, 6.45) is 5.23. The summed E-state index contributed by atoms with van der Waals surface area (Å²) < 4.78 is 32.9. The second kappa shape index (κ2) is 9.04. The molecule has 1 saturated heterocycles. The van der Waals surface area contributed by atoms with Gasteiger partial charge in [-0.1, -0.05) is 12.5 Å². The lowest BCUT2D eigenvalue weighted by atomic mass is 9.99. The molecule has 9 nitrogen and oxygen atoms in total. The van der Waals surface area contributed by atoms with Crippen LogP contribution in [0.15, 0.2) is 47.6 Å². The van der Waals surface area contributed by atoms with Gasteiger partial charge < -0.3 is 19.1 Å². The summed E-state index contributed by atoms with van der Waals surface area (Å²) >= 11 is 0. The number of carbonyl (C=O) groups is 1. The number of aryl methyl sites for hydroxylation is 2. The molecule has 0 radical (unpaired) electrons. The van der Waals surface area contributed by atoms with E-state index in [1.165, 1.54) is 31.0 Å². The third-order valence-corrected chi connectivity index (χ3v) is 8.40. The van der Waals surface area contributed by atoms with Gasteiger partial charge in [0.05, 0.1) is 5.56 Å². The number of rotatable bonds is 6. The lowest BCUT2D eigenvalue weighted by Gasteiger charge is -2.26. The molecule has 37 heavy (non-hydrogen) atoms. The molecule has 1 fully saturated rings. The van der Waals surface area contributed by atoms with Gasteiger partial charge in [0.2, 0.25) is 5.03 Å². The normalized spacial score (nSPS) is 16.2. The van der Waals surface area contributed by atoms with E-state index in [4.69, 9.17) is 4.18 Å². The SMILES string of the molecule is Cc1nc(S(=O)(=O)Oc2ccc(-c3cc4cc(CN5CCCCC5)ccc4[nH]3)c3c2CNC3=O)cn1C. The molecule has 192 valence electrons. The second-order valence-corrected chi connectivity index (χ2v) is 11.4. The zero-order valence-electron chi connectivity index (χ0n) is 20.9. The van der Waals surface area contributed by atoms with Gasteiger partial charge in [-0.3, -0.25) is 9.69 Å². The molecule has 2 aliphatic rings. The van der Waals surface area contributed by atoms with Crippen molar-refractivity contribution in [2.24, 2.45) is 7.05 Å². The predicted molar refractivity (Wildman–Crippen MR) is 140 cm³/mol. The zero-order valence-corrected chi connectivity index (χ0v) is 21.7. The Hall–Kier alpha value is -3.63. The molecule has 2 aromatic carbocycles. The van der Waals surface area contributed by atoms with E-state index in [-0.39, 0.29) is 23.2 Å². The largest absolute Gasteiger partial charge is 0.377 e. The number of benzene rings is 2. The molecular weight excluding hydrogens is 490 g/mol. The van der Waals surface area contributed by atoms with Crippen LogP contribution >= 0.6 is 0 Å². The zero-order chi connectivity index (χ0) is 25.7. The molecule has 10 heteroatoms. The van der Waals surface area contributed by atoms with Gasteiger partial charge in [0.1, 0.15) is 11.6 Å². The smallest absolute Gasteiger partial charge is 0.358 e. The third kappa shape index (κ3) is 4.40. The van der Waals surface area contributed by atoms with Gasteiger partial charge >= 0.3 is 10.1 Å². The second-order valence-electron chi connectivity index (χ2n) is 9.86. The van der Waals surface area contributed by atoms with E-state index in [2.05, 4.69) is 38.4 Å². The maximum Gasteiger partial charge on any atom is 0.358 e. The maximum atomic E-state index is 12.9. The van der Waals surface area contributed by atoms with Gasteiger partial charge in [0.25, 0.3) is 5.91 Å². The van der Waals surface area contributed by atoms with Crippen LogP contribution in [-0.4, -0.2) is 46.8 Å². The molecule has 0 bridgehead atoms. The van der Waals surface area contributed by atoms with Crippen molar-refractivity contribution >= 4 is 26.9 Å². The third-order valence-electron chi connectivity index (χ3n) is 7.30. The Morgan fingerprint density at radius 2 is 1.89 bits per heavy atom. The number of likely N-dealkylation sites (tertiary alicyclic amines) is 1. The van der Waals surface area contributed by atoms with Gasteiger partial charge in [0.15, 0.2) is 0 Å². The fraction of sp³-hybridized carbons (Fsp3) is 0.333. The monoisotopic (exact) mass is 519 g/mol. The van der Waals surface area contributed by atoms with E-state index in [1.807, 2.05) is 6.07 Å². The standard InChI is InChI=1S/C27H29N5O4S/c1-17-29-25(16-31(17)2)37(34,35)36-24-9-7-20(26-21(24)14-28-27(26)33)23-13-19-12-18(6-8-22(19)30-23)15-32-10-4-3-5-11-32/h6-9,12-13,16,30H,3-5,10-11,14-15H2,1-2H3,(H,28,33). The number of carbonyl (C=O) groups excluding carboxylic acids is 1.